The largest absolute Gasteiger partial charge is 0.383 e. The SMILES string of the molecule is CCC(COC)N1C(=O)C2(CCCC2)NC1CC(C)C. The highest BCUT2D eigenvalue weighted by Crippen LogP contribution is 2.38. The van der Waals surface area contributed by atoms with E-state index in [2.05, 4.69) is 31.0 Å². The number of nitrogens with zero attached hydrogens (tertiary/aromatic N) is 1. The van der Waals surface area contributed by atoms with Crippen molar-refractivity contribution in [2.45, 2.75) is 77.0 Å². The number of rotatable bonds is 6. The zero-order valence-electron chi connectivity index (χ0n) is 13.4. The van der Waals surface area contributed by atoms with Crippen LogP contribution in [0.5, 0.6) is 0 Å². The molecule has 2 aliphatic rings. The summed E-state index contributed by atoms with van der Waals surface area (Å²) in [6.07, 6.45) is 6.49. The maximum atomic E-state index is 13.0. The molecule has 2 rings (SSSR count). The molecule has 1 saturated heterocycles. The first-order valence-corrected chi connectivity index (χ1v) is 8.13. The van der Waals surface area contributed by atoms with Gasteiger partial charge in [-0.2, -0.15) is 0 Å². The summed E-state index contributed by atoms with van der Waals surface area (Å²) in [6, 6.07) is 0.198. The predicted molar refractivity (Wildman–Crippen MR) is 80.4 cm³/mol. The Bertz CT molecular complexity index is 337. The number of carbonyl (C=O) groups is 1. The van der Waals surface area contributed by atoms with Crippen LogP contribution in [0, 0.1) is 5.92 Å². The number of carbonyl (C=O) groups excluding carboxylic acids is 1. The zero-order chi connectivity index (χ0) is 14.8. The number of amides is 1. The molecule has 20 heavy (non-hydrogen) atoms. The van der Waals surface area contributed by atoms with Gasteiger partial charge in [-0.15, -0.1) is 0 Å². The Labute approximate surface area is 123 Å². The molecule has 2 unspecified atom stereocenters. The molecule has 1 saturated carbocycles. The lowest BCUT2D eigenvalue weighted by Gasteiger charge is -2.32. The Morgan fingerprint density at radius 2 is 2.05 bits per heavy atom. The Balaban J connectivity index is 2.21. The van der Waals surface area contributed by atoms with Crippen LogP contribution in [0.3, 0.4) is 0 Å². The van der Waals surface area contributed by atoms with Gasteiger partial charge in [-0.1, -0.05) is 33.6 Å². The van der Waals surface area contributed by atoms with E-state index in [4.69, 9.17) is 4.74 Å². The van der Waals surface area contributed by atoms with Gasteiger partial charge in [-0.25, -0.2) is 0 Å². The van der Waals surface area contributed by atoms with E-state index in [0.29, 0.717) is 18.4 Å². The van der Waals surface area contributed by atoms with Crippen LogP contribution in [0.25, 0.3) is 0 Å². The average Bonchev–Trinajstić information content (AvgIpc) is 2.95. The molecule has 0 aromatic rings. The molecular formula is C16H30N2O2. The van der Waals surface area contributed by atoms with E-state index in [-0.39, 0.29) is 17.7 Å². The van der Waals surface area contributed by atoms with Gasteiger partial charge in [0.15, 0.2) is 0 Å². The van der Waals surface area contributed by atoms with Crippen LogP contribution in [-0.4, -0.2) is 42.3 Å². The lowest BCUT2D eigenvalue weighted by molar-refractivity contribution is -0.136. The van der Waals surface area contributed by atoms with Crippen molar-refractivity contribution in [1.82, 2.24) is 10.2 Å². The summed E-state index contributed by atoms with van der Waals surface area (Å²) in [5.41, 5.74) is -0.263. The molecule has 2 fully saturated rings. The van der Waals surface area contributed by atoms with Gasteiger partial charge < -0.3 is 9.64 Å². The Kier molecular flexibility index (Phi) is 5.08. The topological polar surface area (TPSA) is 41.6 Å². The lowest BCUT2D eigenvalue weighted by atomic mass is 9.97. The van der Waals surface area contributed by atoms with Crippen molar-refractivity contribution in [1.29, 1.82) is 0 Å². The minimum atomic E-state index is -0.263. The Hall–Kier alpha value is -0.610. The van der Waals surface area contributed by atoms with E-state index in [0.717, 1.165) is 25.7 Å². The summed E-state index contributed by atoms with van der Waals surface area (Å²) in [5.74, 6) is 0.906. The van der Waals surface area contributed by atoms with Crippen molar-refractivity contribution in [2.24, 2.45) is 5.92 Å². The molecule has 1 aliphatic heterocycles. The van der Waals surface area contributed by atoms with E-state index in [1.807, 2.05) is 0 Å². The van der Waals surface area contributed by atoms with Crippen LogP contribution in [0.15, 0.2) is 0 Å². The summed E-state index contributed by atoms with van der Waals surface area (Å²) < 4.78 is 5.34. The molecule has 4 nitrogen and oxygen atoms in total. The summed E-state index contributed by atoms with van der Waals surface area (Å²) in [6.45, 7) is 7.22. The first-order valence-electron chi connectivity index (χ1n) is 8.13. The molecule has 0 aromatic carbocycles. The molecule has 4 heteroatoms. The molecule has 1 amide bonds. The molecule has 1 N–H and O–H groups in total. The molecule has 2 atom stereocenters. The third-order valence-electron chi connectivity index (χ3n) is 4.80. The molecule has 0 bridgehead atoms. The minimum absolute atomic E-state index is 0.181. The second-order valence-corrected chi connectivity index (χ2v) is 6.81. The number of hydrogen-bond donors (Lipinski definition) is 1. The molecular weight excluding hydrogens is 252 g/mol. The molecule has 0 radical (unpaired) electrons. The average molecular weight is 282 g/mol. The predicted octanol–water partition coefficient (Wildman–Crippen LogP) is 2.53. The van der Waals surface area contributed by atoms with Crippen LogP contribution in [-0.2, 0) is 9.53 Å². The summed E-state index contributed by atoms with van der Waals surface area (Å²) >= 11 is 0. The maximum absolute atomic E-state index is 13.0. The molecule has 0 aromatic heterocycles. The number of nitrogens with one attached hydrogen (secondary N) is 1. The third-order valence-corrected chi connectivity index (χ3v) is 4.80. The summed E-state index contributed by atoms with van der Waals surface area (Å²) in [4.78, 5) is 15.1. The molecule has 1 aliphatic carbocycles. The second-order valence-electron chi connectivity index (χ2n) is 6.81. The van der Waals surface area contributed by atoms with Gasteiger partial charge in [0.25, 0.3) is 0 Å². The van der Waals surface area contributed by atoms with Crippen molar-refractivity contribution in [3.05, 3.63) is 0 Å². The number of methoxy groups -OCH3 is 1. The fraction of sp³-hybridized carbons (Fsp3) is 0.938. The van der Waals surface area contributed by atoms with E-state index in [9.17, 15) is 4.79 Å². The van der Waals surface area contributed by atoms with Crippen molar-refractivity contribution in [3.63, 3.8) is 0 Å². The van der Waals surface area contributed by atoms with Gasteiger partial charge in [0.1, 0.15) is 0 Å². The Morgan fingerprint density at radius 1 is 1.40 bits per heavy atom. The third kappa shape index (κ3) is 2.86. The molecule has 1 spiro atoms. The fourth-order valence-corrected chi connectivity index (χ4v) is 3.80. The normalized spacial score (nSPS) is 26.9. The number of ether oxygens (including phenoxy) is 1. The summed E-state index contributed by atoms with van der Waals surface area (Å²) in [7, 11) is 1.72. The highest BCUT2D eigenvalue weighted by atomic mass is 16.5. The second kappa shape index (κ2) is 6.44. The highest BCUT2D eigenvalue weighted by Gasteiger charge is 2.53. The van der Waals surface area contributed by atoms with Gasteiger partial charge in [0.05, 0.1) is 24.4 Å². The smallest absolute Gasteiger partial charge is 0.244 e. The van der Waals surface area contributed by atoms with Gasteiger partial charge in [0.2, 0.25) is 5.91 Å². The monoisotopic (exact) mass is 282 g/mol. The molecule has 116 valence electrons. The van der Waals surface area contributed by atoms with Crippen LogP contribution >= 0.6 is 0 Å². The Morgan fingerprint density at radius 3 is 2.55 bits per heavy atom. The minimum Gasteiger partial charge on any atom is -0.383 e. The van der Waals surface area contributed by atoms with E-state index < -0.39 is 0 Å². The van der Waals surface area contributed by atoms with Crippen LogP contribution in [0.1, 0.15) is 59.3 Å². The van der Waals surface area contributed by atoms with E-state index >= 15 is 0 Å². The fourth-order valence-electron chi connectivity index (χ4n) is 3.80. The highest BCUT2D eigenvalue weighted by molar-refractivity contribution is 5.89. The molecule has 1 heterocycles. The van der Waals surface area contributed by atoms with Gasteiger partial charge in [0, 0.05) is 7.11 Å². The van der Waals surface area contributed by atoms with Gasteiger partial charge >= 0.3 is 0 Å². The van der Waals surface area contributed by atoms with Crippen molar-refractivity contribution >= 4 is 5.91 Å². The van der Waals surface area contributed by atoms with Crippen molar-refractivity contribution < 1.29 is 9.53 Å². The van der Waals surface area contributed by atoms with Gasteiger partial charge in [-0.05, 0) is 31.6 Å². The van der Waals surface area contributed by atoms with E-state index in [1.54, 1.807) is 7.11 Å². The van der Waals surface area contributed by atoms with Crippen molar-refractivity contribution in [3.8, 4) is 0 Å². The first-order chi connectivity index (χ1) is 9.54. The summed E-state index contributed by atoms with van der Waals surface area (Å²) in [5, 5.41) is 3.69. The maximum Gasteiger partial charge on any atom is 0.244 e. The van der Waals surface area contributed by atoms with E-state index in [1.165, 1.54) is 12.8 Å². The standard InChI is InChI=1S/C16H30N2O2/c1-5-13(11-20-4)18-14(10-12(2)3)17-16(15(18)19)8-6-7-9-16/h12-14,17H,5-11H2,1-4H3. The number of hydrogen-bond acceptors (Lipinski definition) is 3. The van der Waals surface area contributed by atoms with Crippen LogP contribution in [0.2, 0.25) is 0 Å². The van der Waals surface area contributed by atoms with Crippen LogP contribution < -0.4 is 5.32 Å². The van der Waals surface area contributed by atoms with Crippen molar-refractivity contribution in [2.75, 3.05) is 13.7 Å². The quantitative estimate of drug-likeness (QED) is 0.814. The lowest BCUT2D eigenvalue weighted by Crippen LogP contribution is -2.47. The zero-order valence-corrected chi connectivity index (χ0v) is 13.4. The van der Waals surface area contributed by atoms with Crippen LogP contribution in [0.4, 0.5) is 0 Å². The van der Waals surface area contributed by atoms with Gasteiger partial charge in [-0.3, -0.25) is 10.1 Å². The first kappa shape index (κ1) is 15.8.